The number of carbonyl (C=O) groups is 6. The normalized spacial score (nSPS) is 15.4. The molecule has 0 aliphatic heterocycles. The Morgan fingerprint density at radius 3 is 1.26 bits per heavy atom. The van der Waals surface area contributed by atoms with Crippen molar-refractivity contribution >= 4 is 35.5 Å². The Morgan fingerprint density at radius 2 is 0.872 bits per heavy atom. The molecule has 0 spiro atoms. The number of carbonyl (C=O) groups excluding carboxylic acids is 5. The first kappa shape index (κ1) is 43.8. The number of nitrogens with two attached hydrogens (primary N) is 1. The number of amides is 5. The summed E-state index contributed by atoms with van der Waals surface area (Å²) in [6, 6.07) is -2.56. The fraction of sp³-hybridized carbons (Fsp3) is 0.824. The summed E-state index contributed by atoms with van der Waals surface area (Å²) < 4.78 is 0. The molecule has 0 rings (SSSR count). The summed E-state index contributed by atoms with van der Waals surface area (Å²) >= 11 is 0. The molecule has 0 aromatic rings. The summed E-state index contributed by atoms with van der Waals surface area (Å²) in [5.74, 6) is -1.94. The van der Waals surface area contributed by atoms with Gasteiger partial charge in [-0.05, 0) is 50.4 Å². The van der Waals surface area contributed by atoms with E-state index in [0.29, 0.717) is 12.8 Å². The Balaban J connectivity index is 5.06. The average Bonchev–Trinajstić information content (AvgIpc) is 2.85. The number of hydrogen-bond acceptors (Lipinski definition) is 7. The van der Waals surface area contributed by atoms with Crippen molar-refractivity contribution in [3.8, 4) is 0 Å². The van der Waals surface area contributed by atoms with Gasteiger partial charge in [0.1, 0.15) is 0 Å². The first-order valence-electron chi connectivity index (χ1n) is 17.1. The Kier molecular flexibility index (Phi) is 20.8. The summed E-state index contributed by atoms with van der Waals surface area (Å²) in [5, 5.41) is 23.4. The van der Waals surface area contributed by atoms with Gasteiger partial charge in [-0.3, -0.25) is 28.8 Å². The second-order valence-corrected chi connectivity index (χ2v) is 14.7. The van der Waals surface area contributed by atoms with Crippen LogP contribution in [0.4, 0.5) is 0 Å². The Morgan fingerprint density at radius 1 is 0.489 bits per heavy atom. The van der Waals surface area contributed by atoms with Crippen molar-refractivity contribution in [1.29, 1.82) is 0 Å². The molecule has 0 radical (unpaired) electrons. The highest BCUT2D eigenvalue weighted by atomic mass is 16.4. The average molecular weight is 669 g/mol. The number of nitrogens with one attached hydrogen (secondary N) is 5. The summed E-state index contributed by atoms with van der Waals surface area (Å²) in [5.41, 5.74) is 5.98. The van der Waals surface area contributed by atoms with Crippen LogP contribution < -0.4 is 32.3 Å². The first-order valence-corrected chi connectivity index (χ1v) is 17.1. The Bertz CT molecular complexity index is 1020. The largest absolute Gasteiger partial charge is 0.481 e. The van der Waals surface area contributed by atoms with Crippen molar-refractivity contribution in [2.45, 2.75) is 157 Å². The van der Waals surface area contributed by atoms with Crippen LogP contribution in [-0.2, 0) is 28.8 Å². The zero-order valence-electron chi connectivity index (χ0n) is 30.4. The van der Waals surface area contributed by atoms with Crippen LogP contribution in [0.2, 0.25) is 0 Å². The monoisotopic (exact) mass is 668 g/mol. The molecule has 47 heavy (non-hydrogen) atoms. The van der Waals surface area contributed by atoms with Crippen molar-refractivity contribution in [2.24, 2.45) is 29.4 Å². The Hall–Kier alpha value is -3.22. The molecular weight excluding hydrogens is 604 g/mol. The van der Waals surface area contributed by atoms with Crippen LogP contribution in [-0.4, -0.2) is 76.9 Å². The summed E-state index contributed by atoms with van der Waals surface area (Å²) in [7, 11) is 0. The molecule has 0 fully saturated rings. The predicted octanol–water partition coefficient (Wildman–Crippen LogP) is 2.61. The highest BCUT2D eigenvalue weighted by Gasteiger charge is 2.25. The van der Waals surface area contributed by atoms with Gasteiger partial charge in [-0.25, -0.2) is 0 Å². The topological polar surface area (TPSA) is 209 Å². The first-order chi connectivity index (χ1) is 21.7. The van der Waals surface area contributed by atoms with E-state index in [4.69, 9.17) is 10.8 Å². The van der Waals surface area contributed by atoms with Gasteiger partial charge in [-0.1, -0.05) is 55.4 Å². The smallest absolute Gasteiger partial charge is 0.305 e. The molecule has 13 nitrogen and oxygen atoms in total. The minimum absolute atomic E-state index is 0.00321. The van der Waals surface area contributed by atoms with Gasteiger partial charge in [-0.15, -0.1) is 0 Å². The van der Waals surface area contributed by atoms with Gasteiger partial charge >= 0.3 is 5.97 Å². The number of carboxylic acid groups (broad SMARTS) is 1. The molecule has 13 heteroatoms. The summed E-state index contributed by atoms with van der Waals surface area (Å²) in [4.78, 5) is 74.8. The molecule has 5 amide bonds. The minimum atomic E-state index is -0.990. The molecule has 0 unspecified atom stereocenters. The molecule has 0 aliphatic rings. The van der Waals surface area contributed by atoms with E-state index in [9.17, 15) is 28.8 Å². The molecule has 6 atom stereocenters. The van der Waals surface area contributed by atoms with Crippen molar-refractivity contribution in [3.05, 3.63) is 0 Å². The minimum Gasteiger partial charge on any atom is -0.481 e. The summed E-state index contributed by atoms with van der Waals surface area (Å²) in [6.45, 7) is 19.0. The van der Waals surface area contributed by atoms with E-state index in [1.807, 2.05) is 55.4 Å². The van der Waals surface area contributed by atoms with Gasteiger partial charge in [0.15, 0.2) is 0 Å². The molecule has 0 bridgehead atoms. The van der Waals surface area contributed by atoms with Crippen LogP contribution in [0, 0.1) is 23.7 Å². The van der Waals surface area contributed by atoms with E-state index in [1.165, 1.54) is 0 Å². The number of hydrogen-bond donors (Lipinski definition) is 7. The van der Waals surface area contributed by atoms with Crippen LogP contribution >= 0.6 is 0 Å². The second kappa shape index (κ2) is 22.4. The molecule has 0 aromatic carbocycles. The van der Waals surface area contributed by atoms with Gasteiger partial charge in [0, 0.05) is 68.4 Å². The zero-order chi connectivity index (χ0) is 36.4. The van der Waals surface area contributed by atoms with Gasteiger partial charge < -0.3 is 37.4 Å². The molecule has 0 saturated carbocycles. The molecule has 0 saturated heterocycles. The third-order valence-electron chi connectivity index (χ3n) is 7.73. The zero-order valence-corrected chi connectivity index (χ0v) is 30.4. The lowest BCUT2D eigenvalue weighted by atomic mass is 9.97. The maximum atomic E-state index is 13.1. The van der Waals surface area contributed by atoms with E-state index in [-0.39, 0.29) is 97.8 Å². The fourth-order valence-corrected chi connectivity index (χ4v) is 5.23. The standard InChI is InChI=1S/C34H64N6O7/c1-19(2)11-25(38-29(41)13-23(9)36-32(44)17-27(35)21(5)6)15-31(43)40-28(22(7)8)18-33(45)37-24(10)14-30(42)39-26(12-20(3)4)16-34(46)47/h19-28H,11-18,35H2,1-10H3,(H,36,44)(H,37,45)(H,38,41)(H,39,42)(H,40,43)(H,46,47)/t23-,24-,25-,26-,27+,28+/m1/s1. The van der Waals surface area contributed by atoms with Crippen LogP contribution in [0.5, 0.6) is 0 Å². The van der Waals surface area contributed by atoms with E-state index >= 15 is 0 Å². The molecule has 0 aliphatic carbocycles. The highest BCUT2D eigenvalue weighted by molar-refractivity contribution is 5.83. The van der Waals surface area contributed by atoms with Crippen molar-refractivity contribution < 1.29 is 33.9 Å². The fourth-order valence-electron chi connectivity index (χ4n) is 5.23. The number of rotatable bonds is 23. The highest BCUT2D eigenvalue weighted by Crippen LogP contribution is 2.13. The Labute approximate surface area is 282 Å². The third-order valence-corrected chi connectivity index (χ3v) is 7.73. The predicted molar refractivity (Wildman–Crippen MR) is 183 cm³/mol. The van der Waals surface area contributed by atoms with Crippen molar-refractivity contribution in [3.63, 3.8) is 0 Å². The lowest BCUT2D eigenvalue weighted by Gasteiger charge is -2.26. The maximum absolute atomic E-state index is 13.1. The van der Waals surface area contributed by atoms with Crippen molar-refractivity contribution in [1.82, 2.24) is 26.6 Å². The van der Waals surface area contributed by atoms with Crippen molar-refractivity contribution in [2.75, 3.05) is 0 Å². The van der Waals surface area contributed by atoms with E-state index < -0.39 is 36.2 Å². The van der Waals surface area contributed by atoms with E-state index in [0.717, 1.165) is 0 Å². The molecule has 0 heterocycles. The number of aliphatic carboxylic acids is 1. The molecular formula is C34H64N6O7. The van der Waals surface area contributed by atoms with E-state index in [2.05, 4.69) is 26.6 Å². The quantitative estimate of drug-likeness (QED) is 0.0859. The molecule has 0 aromatic heterocycles. The van der Waals surface area contributed by atoms with Crippen LogP contribution in [0.1, 0.15) is 121 Å². The van der Waals surface area contributed by atoms with Crippen LogP contribution in [0.3, 0.4) is 0 Å². The van der Waals surface area contributed by atoms with E-state index in [1.54, 1.807) is 13.8 Å². The van der Waals surface area contributed by atoms with Gasteiger partial charge in [0.2, 0.25) is 29.5 Å². The summed E-state index contributed by atoms with van der Waals surface area (Å²) in [6.07, 6.45) is 1.18. The maximum Gasteiger partial charge on any atom is 0.305 e. The van der Waals surface area contributed by atoms with Crippen LogP contribution in [0.15, 0.2) is 0 Å². The molecule has 8 N–H and O–H groups in total. The third kappa shape index (κ3) is 22.1. The van der Waals surface area contributed by atoms with Gasteiger partial charge in [0.05, 0.1) is 6.42 Å². The number of carboxylic acids is 1. The second-order valence-electron chi connectivity index (χ2n) is 14.7. The van der Waals surface area contributed by atoms with Gasteiger partial charge in [0.25, 0.3) is 0 Å². The van der Waals surface area contributed by atoms with Gasteiger partial charge in [-0.2, -0.15) is 0 Å². The lowest BCUT2D eigenvalue weighted by Crippen LogP contribution is -2.47. The molecule has 272 valence electrons. The van der Waals surface area contributed by atoms with Crippen LogP contribution in [0.25, 0.3) is 0 Å². The lowest BCUT2D eigenvalue weighted by molar-refractivity contribution is -0.138. The SMILES string of the molecule is CC(C)C[C@H](CC(=O)O)NC(=O)C[C@@H](C)NC(=O)C[C@H](NC(=O)C[C@@H](CC(C)C)NC(=O)C[C@@H](C)NC(=O)C[C@H](N)C(C)C)C(C)C.